The molecule has 4 aliphatic rings. The van der Waals surface area contributed by atoms with Crippen LogP contribution in [0.15, 0.2) is 0 Å². The van der Waals surface area contributed by atoms with Crippen molar-refractivity contribution in [2.75, 3.05) is 18.1 Å². The monoisotopic (exact) mass is 311 g/mol. The van der Waals surface area contributed by atoms with Crippen molar-refractivity contribution in [3.05, 3.63) is 0 Å². The van der Waals surface area contributed by atoms with Gasteiger partial charge in [-0.15, -0.1) is 11.8 Å². The first-order valence-corrected chi connectivity index (χ1v) is 9.26. The second-order valence-corrected chi connectivity index (χ2v) is 8.50. The minimum atomic E-state index is -0.792. The molecule has 2 N–H and O–H groups in total. The number of hydrogen-bond donors (Lipinski definition) is 2. The highest BCUT2D eigenvalue weighted by Gasteiger charge is 2.51. The van der Waals surface area contributed by atoms with E-state index < -0.39 is 5.97 Å². The van der Waals surface area contributed by atoms with Crippen molar-refractivity contribution in [3.8, 4) is 0 Å². The topological polar surface area (TPSA) is 66.4 Å². The fourth-order valence-electron chi connectivity index (χ4n) is 5.33. The van der Waals surface area contributed by atoms with Gasteiger partial charge in [-0.2, -0.15) is 0 Å². The number of rotatable bonds is 7. The fraction of sp³-hybridized carbons (Fsp3) is 0.875. The van der Waals surface area contributed by atoms with Gasteiger partial charge in [0.2, 0.25) is 5.91 Å². The van der Waals surface area contributed by atoms with Gasteiger partial charge in [-0.3, -0.25) is 9.59 Å². The summed E-state index contributed by atoms with van der Waals surface area (Å²) in [6.45, 7) is 0.586. The van der Waals surface area contributed by atoms with Gasteiger partial charge < -0.3 is 10.4 Å². The molecule has 0 aromatic heterocycles. The molecule has 0 heterocycles. The second kappa shape index (κ2) is 6.19. The molecule has 4 aliphatic carbocycles. The van der Waals surface area contributed by atoms with Crippen molar-refractivity contribution in [1.82, 2.24) is 5.32 Å². The SMILES string of the molecule is O=C(O)CSCCNC(=O)CC12CC3CC(CC(C3)C1)C2. The Kier molecular flexibility index (Phi) is 4.48. The maximum Gasteiger partial charge on any atom is 0.313 e. The third-order valence-corrected chi connectivity index (χ3v) is 6.44. The van der Waals surface area contributed by atoms with Crippen LogP contribution in [0.3, 0.4) is 0 Å². The first kappa shape index (κ1) is 15.2. The van der Waals surface area contributed by atoms with Gasteiger partial charge in [0.1, 0.15) is 0 Å². The summed E-state index contributed by atoms with van der Waals surface area (Å²) in [7, 11) is 0. The lowest BCUT2D eigenvalue weighted by molar-refractivity contribution is -0.134. The molecule has 4 rings (SSSR count). The number of carboxylic acids is 1. The summed E-state index contributed by atoms with van der Waals surface area (Å²) >= 11 is 1.36. The summed E-state index contributed by atoms with van der Waals surface area (Å²) in [4.78, 5) is 22.6. The fourth-order valence-corrected chi connectivity index (χ4v) is 5.90. The van der Waals surface area contributed by atoms with Crippen molar-refractivity contribution in [2.45, 2.75) is 44.9 Å². The van der Waals surface area contributed by atoms with Crippen molar-refractivity contribution in [1.29, 1.82) is 0 Å². The normalized spacial score (nSPS) is 36.7. The summed E-state index contributed by atoms with van der Waals surface area (Å²) in [5.74, 6) is 2.83. The first-order valence-electron chi connectivity index (χ1n) is 8.11. The number of carboxylic acid groups (broad SMARTS) is 1. The minimum absolute atomic E-state index is 0.116. The van der Waals surface area contributed by atoms with Crippen LogP contribution in [0, 0.1) is 23.2 Å². The van der Waals surface area contributed by atoms with Crippen LogP contribution in [0.25, 0.3) is 0 Å². The van der Waals surface area contributed by atoms with Crippen LogP contribution in [-0.4, -0.2) is 35.0 Å². The number of amides is 1. The predicted molar refractivity (Wildman–Crippen MR) is 83.2 cm³/mol. The third kappa shape index (κ3) is 3.74. The van der Waals surface area contributed by atoms with E-state index >= 15 is 0 Å². The molecule has 0 aromatic carbocycles. The zero-order valence-electron chi connectivity index (χ0n) is 12.5. The number of thioether (sulfide) groups is 1. The Balaban J connectivity index is 1.41. The average molecular weight is 311 g/mol. The van der Waals surface area contributed by atoms with Gasteiger partial charge in [-0.05, 0) is 61.7 Å². The van der Waals surface area contributed by atoms with Crippen molar-refractivity contribution in [2.24, 2.45) is 23.2 Å². The van der Waals surface area contributed by atoms with Gasteiger partial charge in [-0.1, -0.05) is 0 Å². The molecule has 4 bridgehead atoms. The largest absolute Gasteiger partial charge is 0.481 e. The van der Waals surface area contributed by atoms with E-state index in [4.69, 9.17) is 5.11 Å². The number of carbonyl (C=O) groups excluding carboxylic acids is 1. The molecule has 118 valence electrons. The zero-order chi connectivity index (χ0) is 14.9. The molecular formula is C16H25NO3S. The van der Waals surface area contributed by atoms with E-state index in [0.29, 0.717) is 24.1 Å². The van der Waals surface area contributed by atoms with Crippen LogP contribution in [-0.2, 0) is 9.59 Å². The minimum Gasteiger partial charge on any atom is -0.481 e. The standard InChI is InChI=1S/C16H25NO3S/c18-14(17-1-2-21-10-15(19)20)9-16-6-11-3-12(7-16)5-13(4-11)8-16/h11-13H,1-10H2,(H,17,18)(H,19,20). The first-order chi connectivity index (χ1) is 10.0. The maximum atomic E-state index is 12.2. The molecule has 4 nitrogen and oxygen atoms in total. The lowest BCUT2D eigenvalue weighted by Gasteiger charge is -2.56. The number of carbonyl (C=O) groups is 2. The summed E-state index contributed by atoms with van der Waals surface area (Å²) in [6.07, 6.45) is 8.72. The van der Waals surface area contributed by atoms with E-state index in [0.717, 1.165) is 17.8 Å². The number of aliphatic carboxylic acids is 1. The van der Waals surface area contributed by atoms with E-state index in [2.05, 4.69) is 5.32 Å². The highest BCUT2D eigenvalue weighted by Crippen LogP contribution is 2.61. The molecule has 0 saturated heterocycles. The molecule has 0 unspecified atom stereocenters. The highest BCUT2D eigenvalue weighted by molar-refractivity contribution is 7.99. The van der Waals surface area contributed by atoms with Crippen molar-refractivity contribution in [3.63, 3.8) is 0 Å². The van der Waals surface area contributed by atoms with Gasteiger partial charge in [0, 0.05) is 18.7 Å². The van der Waals surface area contributed by atoms with E-state index in [1.54, 1.807) is 0 Å². The van der Waals surface area contributed by atoms with Crippen LogP contribution in [0.1, 0.15) is 44.9 Å². The van der Waals surface area contributed by atoms with Crippen LogP contribution in [0.5, 0.6) is 0 Å². The van der Waals surface area contributed by atoms with E-state index in [1.165, 1.54) is 50.3 Å². The van der Waals surface area contributed by atoms with Crippen molar-refractivity contribution < 1.29 is 14.7 Å². The molecule has 0 spiro atoms. The van der Waals surface area contributed by atoms with Crippen molar-refractivity contribution >= 4 is 23.6 Å². The van der Waals surface area contributed by atoms with Gasteiger partial charge in [0.25, 0.3) is 0 Å². The second-order valence-electron chi connectivity index (χ2n) is 7.39. The molecular weight excluding hydrogens is 286 g/mol. The molecule has 0 radical (unpaired) electrons. The predicted octanol–water partition coefficient (Wildman–Crippen LogP) is 2.53. The Bertz CT molecular complexity index is 388. The molecule has 1 amide bonds. The summed E-state index contributed by atoms with van der Waals surface area (Å²) in [5, 5.41) is 11.5. The molecule has 4 fully saturated rings. The van der Waals surface area contributed by atoms with Crippen LogP contribution in [0.4, 0.5) is 0 Å². The van der Waals surface area contributed by atoms with E-state index in [9.17, 15) is 9.59 Å². The van der Waals surface area contributed by atoms with Gasteiger partial charge >= 0.3 is 5.97 Å². The molecule has 5 heteroatoms. The Morgan fingerprint density at radius 3 is 2.19 bits per heavy atom. The molecule has 4 saturated carbocycles. The highest BCUT2D eigenvalue weighted by atomic mass is 32.2. The van der Waals surface area contributed by atoms with Gasteiger partial charge in [0.15, 0.2) is 0 Å². The smallest absolute Gasteiger partial charge is 0.313 e. The third-order valence-electron chi connectivity index (χ3n) is 5.49. The molecule has 21 heavy (non-hydrogen) atoms. The molecule has 0 aliphatic heterocycles. The molecule has 0 aromatic rings. The lowest BCUT2D eigenvalue weighted by atomic mass is 9.49. The van der Waals surface area contributed by atoms with Crippen LogP contribution in [0.2, 0.25) is 0 Å². The summed E-state index contributed by atoms with van der Waals surface area (Å²) in [5.41, 5.74) is 0.299. The van der Waals surface area contributed by atoms with Gasteiger partial charge in [0.05, 0.1) is 5.75 Å². The Hall–Kier alpha value is -0.710. The Morgan fingerprint density at radius 2 is 1.67 bits per heavy atom. The number of hydrogen-bond acceptors (Lipinski definition) is 3. The lowest BCUT2D eigenvalue weighted by Crippen LogP contribution is -2.48. The summed E-state index contributed by atoms with van der Waals surface area (Å²) in [6, 6.07) is 0. The van der Waals surface area contributed by atoms with Crippen LogP contribution >= 0.6 is 11.8 Å². The van der Waals surface area contributed by atoms with E-state index in [-0.39, 0.29) is 11.7 Å². The molecule has 0 atom stereocenters. The van der Waals surface area contributed by atoms with Crippen LogP contribution < -0.4 is 5.32 Å². The Morgan fingerprint density at radius 1 is 1.10 bits per heavy atom. The summed E-state index contributed by atoms with van der Waals surface area (Å²) < 4.78 is 0. The van der Waals surface area contributed by atoms with E-state index in [1.807, 2.05) is 0 Å². The average Bonchev–Trinajstić information content (AvgIpc) is 2.35. The zero-order valence-corrected chi connectivity index (χ0v) is 13.3. The number of nitrogens with one attached hydrogen (secondary N) is 1. The maximum absolute atomic E-state index is 12.2. The quantitative estimate of drug-likeness (QED) is 0.709. The van der Waals surface area contributed by atoms with Gasteiger partial charge in [-0.25, -0.2) is 0 Å². The Labute approximate surface area is 130 Å².